The van der Waals surface area contributed by atoms with E-state index in [0.29, 0.717) is 18.1 Å². The van der Waals surface area contributed by atoms with Gasteiger partial charge in [-0.25, -0.2) is 9.97 Å². The number of aromatic nitrogens is 4. The molecule has 2 amide bonds. The minimum Gasteiger partial charge on any atom is -0.339 e. The average molecular weight is 419 g/mol. The van der Waals surface area contributed by atoms with Crippen molar-refractivity contribution in [2.45, 2.75) is 39.3 Å². The monoisotopic (exact) mass is 418 g/mol. The van der Waals surface area contributed by atoms with Gasteiger partial charge in [0.25, 0.3) is 11.8 Å². The highest BCUT2D eigenvalue weighted by Crippen LogP contribution is 2.34. The van der Waals surface area contributed by atoms with Crippen LogP contribution in [0, 0.1) is 12.8 Å². The van der Waals surface area contributed by atoms with Crippen LogP contribution in [-0.4, -0.2) is 44.4 Å². The van der Waals surface area contributed by atoms with Crippen molar-refractivity contribution in [3.05, 3.63) is 71.7 Å². The summed E-state index contributed by atoms with van der Waals surface area (Å²) in [6.45, 7) is 6.44. The lowest BCUT2D eigenvalue weighted by molar-refractivity contribution is -0.121. The highest BCUT2D eigenvalue weighted by Gasteiger charge is 2.39. The molecule has 3 heterocycles. The fourth-order valence-electron chi connectivity index (χ4n) is 3.96. The molecule has 0 saturated carbocycles. The van der Waals surface area contributed by atoms with Crippen LogP contribution in [0.15, 0.2) is 48.9 Å². The van der Waals surface area contributed by atoms with Gasteiger partial charge in [0.15, 0.2) is 5.82 Å². The van der Waals surface area contributed by atoms with E-state index in [1.54, 1.807) is 25.6 Å². The number of carbonyl (C=O) groups excluding carboxylic acids is 2. The summed E-state index contributed by atoms with van der Waals surface area (Å²) in [6.07, 6.45) is 4.93. The second-order valence-electron chi connectivity index (χ2n) is 8.05. The Labute approximate surface area is 181 Å². The van der Waals surface area contributed by atoms with E-state index in [2.05, 4.69) is 20.3 Å². The van der Waals surface area contributed by atoms with Crippen molar-refractivity contribution in [3.63, 3.8) is 0 Å². The smallest absolute Gasteiger partial charge is 0.272 e. The first-order valence-electron chi connectivity index (χ1n) is 10.3. The fourth-order valence-corrected chi connectivity index (χ4v) is 3.96. The summed E-state index contributed by atoms with van der Waals surface area (Å²) in [5.41, 5.74) is 2.17. The van der Waals surface area contributed by atoms with Gasteiger partial charge in [-0.05, 0) is 18.4 Å². The van der Waals surface area contributed by atoms with Gasteiger partial charge in [-0.3, -0.25) is 19.5 Å². The van der Waals surface area contributed by atoms with Gasteiger partial charge in [-0.1, -0.05) is 44.2 Å². The number of rotatable bonds is 4. The molecule has 1 N–H and O–H groups in total. The molecule has 0 saturated heterocycles. The highest BCUT2D eigenvalue weighted by molar-refractivity contribution is 6.02. The first kappa shape index (κ1) is 20.7. The van der Waals surface area contributed by atoms with Gasteiger partial charge >= 0.3 is 0 Å². The van der Waals surface area contributed by atoms with Gasteiger partial charge < -0.3 is 9.88 Å². The maximum Gasteiger partial charge on any atom is 0.272 e. The Kier molecular flexibility index (Phi) is 5.54. The molecule has 2 aromatic heterocycles. The summed E-state index contributed by atoms with van der Waals surface area (Å²) in [5.74, 6) is 0.469. The standard InChI is InChI=1S/C23H26N6O2/c1-14-15(2)20(23(31)28(4)21-19(14)24-10-11-25-21)27-22(30)18-13-29(16(3)26-18)12-17-8-6-5-7-9-17/h5-11,13-15,20H,12H2,1-4H3,(H,27,30)/t14-,15+,20+/m1/s1. The first-order chi connectivity index (χ1) is 14.9. The minimum absolute atomic E-state index is 0.0553. The molecule has 8 heteroatoms. The molecule has 3 aromatic rings. The second-order valence-corrected chi connectivity index (χ2v) is 8.05. The van der Waals surface area contributed by atoms with E-state index in [9.17, 15) is 9.59 Å². The van der Waals surface area contributed by atoms with Crippen molar-refractivity contribution in [2.24, 2.45) is 5.92 Å². The number of amides is 2. The molecule has 8 nitrogen and oxygen atoms in total. The van der Waals surface area contributed by atoms with Crippen molar-refractivity contribution in [1.29, 1.82) is 0 Å². The molecule has 31 heavy (non-hydrogen) atoms. The Balaban J connectivity index is 1.56. The number of imidazole rings is 1. The number of likely N-dealkylation sites (N-methyl/N-ethyl adjacent to an activating group) is 1. The van der Waals surface area contributed by atoms with Crippen molar-refractivity contribution in [1.82, 2.24) is 24.8 Å². The molecule has 0 spiro atoms. The summed E-state index contributed by atoms with van der Waals surface area (Å²) >= 11 is 0. The number of nitrogens with one attached hydrogen (secondary N) is 1. The summed E-state index contributed by atoms with van der Waals surface area (Å²) in [5, 5.41) is 2.91. The number of aryl methyl sites for hydroxylation is 1. The zero-order chi connectivity index (χ0) is 22.1. The predicted molar refractivity (Wildman–Crippen MR) is 117 cm³/mol. The Morgan fingerprint density at radius 3 is 2.58 bits per heavy atom. The van der Waals surface area contributed by atoms with Gasteiger partial charge in [0.05, 0.1) is 5.69 Å². The number of hydrogen-bond donors (Lipinski definition) is 1. The van der Waals surface area contributed by atoms with E-state index in [1.165, 1.54) is 4.90 Å². The SMILES string of the molecule is Cc1nc(C(=O)N[C@@H]2C(=O)N(C)c3nccnc3[C@H](C)[C@@H]2C)cn1Cc1ccccc1. The Morgan fingerprint density at radius 1 is 1.13 bits per heavy atom. The predicted octanol–water partition coefficient (Wildman–Crippen LogP) is 2.54. The second kappa shape index (κ2) is 8.29. The number of fused-ring (bicyclic) bond motifs is 1. The van der Waals surface area contributed by atoms with Gasteiger partial charge in [-0.2, -0.15) is 0 Å². The van der Waals surface area contributed by atoms with E-state index >= 15 is 0 Å². The molecule has 3 atom stereocenters. The van der Waals surface area contributed by atoms with Crippen LogP contribution in [0.25, 0.3) is 0 Å². The molecule has 0 aliphatic carbocycles. The van der Waals surface area contributed by atoms with Crippen LogP contribution < -0.4 is 10.2 Å². The summed E-state index contributed by atoms with van der Waals surface area (Å²) in [7, 11) is 1.67. The molecule has 1 aromatic carbocycles. The lowest BCUT2D eigenvalue weighted by Gasteiger charge is -2.26. The number of benzene rings is 1. The van der Waals surface area contributed by atoms with E-state index in [1.807, 2.05) is 55.7 Å². The highest BCUT2D eigenvalue weighted by atomic mass is 16.2. The molecule has 1 aliphatic rings. The lowest BCUT2D eigenvalue weighted by atomic mass is 9.87. The summed E-state index contributed by atoms with van der Waals surface area (Å²) in [6, 6.07) is 9.28. The van der Waals surface area contributed by atoms with E-state index < -0.39 is 6.04 Å². The molecule has 160 valence electrons. The van der Waals surface area contributed by atoms with Crippen LogP contribution in [0.3, 0.4) is 0 Å². The number of carbonyl (C=O) groups is 2. The van der Waals surface area contributed by atoms with E-state index in [0.717, 1.165) is 17.1 Å². The number of anilines is 1. The first-order valence-corrected chi connectivity index (χ1v) is 10.3. The van der Waals surface area contributed by atoms with Crippen molar-refractivity contribution >= 4 is 17.6 Å². The zero-order valence-corrected chi connectivity index (χ0v) is 18.1. The molecule has 0 fully saturated rings. The van der Waals surface area contributed by atoms with Crippen LogP contribution in [0.5, 0.6) is 0 Å². The lowest BCUT2D eigenvalue weighted by Crippen LogP contribution is -2.50. The number of nitrogens with zero attached hydrogens (tertiary/aromatic N) is 5. The molecular formula is C23H26N6O2. The van der Waals surface area contributed by atoms with Crippen molar-refractivity contribution in [2.75, 3.05) is 11.9 Å². The molecule has 0 unspecified atom stereocenters. The normalized spacial score (nSPS) is 20.8. The Bertz CT molecular complexity index is 1110. The van der Waals surface area contributed by atoms with Crippen LogP contribution >= 0.6 is 0 Å². The maximum atomic E-state index is 13.2. The zero-order valence-electron chi connectivity index (χ0n) is 18.1. The minimum atomic E-state index is -0.705. The molecular weight excluding hydrogens is 392 g/mol. The summed E-state index contributed by atoms with van der Waals surface area (Å²) < 4.78 is 1.93. The van der Waals surface area contributed by atoms with Gasteiger partial charge in [0.1, 0.15) is 17.6 Å². The topological polar surface area (TPSA) is 93.0 Å². The van der Waals surface area contributed by atoms with Crippen molar-refractivity contribution < 1.29 is 9.59 Å². The fraction of sp³-hybridized carbons (Fsp3) is 0.348. The van der Waals surface area contributed by atoms with E-state index in [4.69, 9.17) is 0 Å². The number of hydrogen-bond acceptors (Lipinski definition) is 5. The van der Waals surface area contributed by atoms with E-state index in [-0.39, 0.29) is 23.7 Å². The average Bonchev–Trinajstić information content (AvgIpc) is 3.13. The van der Waals surface area contributed by atoms with Crippen LogP contribution in [0.4, 0.5) is 5.82 Å². The van der Waals surface area contributed by atoms with Gasteiger partial charge in [-0.15, -0.1) is 0 Å². The van der Waals surface area contributed by atoms with Crippen LogP contribution in [0.2, 0.25) is 0 Å². The quantitative estimate of drug-likeness (QED) is 0.703. The summed E-state index contributed by atoms with van der Waals surface area (Å²) in [4.78, 5) is 40.9. The molecule has 1 aliphatic heterocycles. The Hall–Kier alpha value is -3.55. The Morgan fingerprint density at radius 2 is 1.84 bits per heavy atom. The molecule has 0 radical (unpaired) electrons. The van der Waals surface area contributed by atoms with Crippen LogP contribution in [-0.2, 0) is 11.3 Å². The third kappa shape index (κ3) is 3.93. The largest absolute Gasteiger partial charge is 0.339 e. The third-order valence-corrected chi connectivity index (χ3v) is 6.06. The van der Waals surface area contributed by atoms with Gasteiger partial charge in [0.2, 0.25) is 0 Å². The van der Waals surface area contributed by atoms with Gasteiger partial charge in [0, 0.05) is 38.1 Å². The van der Waals surface area contributed by atoms with Crippen LogP contribution in [0.1, 0.15) is 47.3 Å². The van der Waals surface area contributed by atoms with Crippen molar-refractivity contribution in [3.8, 4) is 0 Å². The molecule has 4 rings (SSSR count). The molecule has 0 bridgehead atoms. The third-order valence-electron chi connectivity index (χ3n) is 6.06. The maximum absolute atomic E-state index is 13.2.